The Labute approximate surface area is 117 Å². The van der Waals surface area contributed by atoms with Gasteiger partial charge < -0.3 is 4.42 Å². The van der Waals surface area contributed by atoms with Crippen LogP contribution in [0.1, 0.15) is 42.3 Å². The summed E-state index contributed by atoms with van der Waals surface area (Å²) in [6.07, 6.45) is 3.06. The molecule has 0 spiro atoms. The van der Waals surface area contributed by atoms with Gasteiger partial charge in [-0.3, -0.25) is 4.90 Å². The van der Waals surface area contributed by atoms with E-state index in [1.54, 1.807) is 0 Å². The largest absolute Gasteiger partial charge is 0.425 e. The van der Waals surface area contributed by atoms with Crippen molar-refractivity contribution in [2.75, 3.05) is 13.1 Å². The summed E-state index contributed by atoms with van der Waals surface area (Å²) in [5.74, 6) is 2.03. The first kappa shape index (κ1) is 12.8. The smallest absolute Gasteiger partial charge is 0.220 e. The molecule has 1 unspecified atom stereocenters. The van der Waals surface area contributed by atoms with E-state index in [-0.39, 0.29) is 0 Å². The van der Waals surface area contributed by atoms with Gasteiger partial charge in [-0.1, -0.05) is 13.0 Å². The minimum Gasteiger partial charge on any atom is -0.425 e. The van der Waals surface area contributed by atoms with Gasteiger partial charge in [0.2, 0.25) is 11.8 Å². The molecule has 1 saturated heterocycles. The Kier molecular flexibility index (Phi) is 3.94. The van der Waals surface area contributed by atoms with Gasteiger partial charge in [0.25, 0.3) is 0 Å². The van der Waals surface area contributed by atoms with Gasteiger partial charge in [0, 0.05) is 24.4 Å². The van der Waals surface area contributed by atoms with E-state index in [1.165, 1.54) is 4.88 Å². The summed E-state index contributed by atoms with van der Waals surface area (Å²) in [7, 11) is 0. The average molecular weight is 277 g/mol. The zero-order valence-corrected chi connectivity index (χ0v) is 12.0. The molecule has 1 aliphatic rings. The van der Waals surface area contributed by atoms with E-state index in [4.69, 9.17) is 4.42 Å². The molecule has 0 N–H and O–H groups in total. The van der Waals surface area contributed by atoms with Crippen molar-refractivity contribution in [2.45, 2.75) is 38.6 Å². The van der Waals surface area contributed by atoms with Crippen molar-refractivity contribution >= 4 is 11.3 Å². The predicted octanol–water partition coefficient (Wildman–Crippen LogP) is 3.07. The van der Waals surface area contributed by atoms with Crippen molar-refractivity contribution in [3.63, 3.8) is 0 Å². The minimum absolute atomic E-state index is 0.415. The predicted molar refractivity (Wildman–Crippen MR) is 75.2 cm³/mol. The van der Waals surface area contributed by atoms with Crippen LogP contribution in [0, 0.1) is 0 Å². The van der Waals surface area contributed by atoms with Crippen molar-refractivity contribution in [3.8, 4) is 0 Å². The number of hydrogen-bond donors (Lipinski definition) is 0. The molecular weight excluding hydrogens is 258 g/mol. The number of thiophene rings is 1. The van der Waals surface area contributed by atoms with Gasteiger partial charge in [-0.15, -0.1) is 21.5 Å². The van der Waals surface area contributed by atoms with Crippen molar-refractivity contribution in [2.24, 2.45) is 0 Å². The Morgan fingerprint density at radius 3 is 3.21 bits per heavy atom. The van der Waals surface area contributed by atoms with E-state index < -0.39 is 0 Å². The van der Waals surface area contributed by atoms with Gasteiger partial charge in [0.15, 0.2) is 0 Å². The lowest BCUT2D eigenvalue weighted by molar-refractivity contribution is 0.321. The van der Waals surface area contributed by atoms with Gasteiger partial charge in [-0.2, -0.15) is 0 Å². The molecule has 1 fully saturated rings. The highest BCUT2D eigenvalue weighted by molar-refractivity contribution is 7.09. The maximum absolute atomic E-state index is 5.75. The molecule has 102 valence electrons. The Hall–Kier alpha value is -1.20. The van der Waals surface area contributed by atoms with Crippen molar-refractivity contribution in [1.82, 2.24) is 15.1 Å². The monoisotopic (exact) mass is 277 g/mol. The fourth-order valence-corrected chi connectivity index (χ4v) is 3.29. The van der Waals surface area contributed by atoms with Gasteiger partial charge in [-0.05, 0) is 30.8 Å². The summed E-state index contributed by atoms with van der Waals surface area (Å²) in [6, 6.07) is 4.31. The average Bonchev–Trinajstić information content (AvgIpc) is 3.10. The van der Waals surface area contributed by atoms with Crippen LogP contribution < -0.4 is 0 Å². The van der Waals surface area contributed by atoms with Crippen LogP contribution in [0.4, 0.5) is 0 Å². The van der Waals surface area contributed by atoms with E-state index in [2.05, 4.69) is 39.5 Å². The molecule has 0 radical (unpaired) electrons. The summed E-state index contributed by atoms with van der Waals surface area (Å²) >= 11 is 1.82. The number of hydrogen-bond acceptors (Lipinski definition) is 5. The Bertz CT molecular complexity index is 509. The molecule has 0 aromatic carbocycles. The van der Waals surface area contributed by atoms with Gasteiger partial charge >= 0.3 is 0 Å². The third-order valence-electron chi connectivity index (χ3n) is 3.53. The van der Waals surface area contributed by atoms with Crippen molar-refractivity contribution in [3.05, 3.63) is 34.2 Å². The molecule has 0 saturated carbocycles. The molecule has 0 aliphatic carbocycles. The van der Waals surface area contributed by atoms with Crippen LogP contribution in [0.25, 0.3) is 0 Å². The summed E-state index contributed by atoms with van der Waals surface area (Å²) in [4.78, 5) is 3.90. The second-order valence-corrected chi connectivity index (χ2v) is 6.12. The molecule has 1 aliphatic heterocycles. The quantitative estimate of drug-likeness (QED) is 0.842. The fraction of sp³-hybridized carbons (Fsp3) is 0.571. The Balaban J connectivity index is 1.58. The van der Waals surface area contributed by atoms with Crippen LogP contribution >= 0.6 is 11.3 Å². The molecule has 3 rings (SSSR count). The van der Waals surface area contributed by atoms with Crippen molar-refractivity contribution in [1.29, 1.82) is 0 Å². The molecule has 0 bridgehead atoms. The standard InChI is InChI=1S/C14H19N3OS/c1-2-4-13-15-16-14(18-13)11-6-7-17(9-11)10-12-5-3-8-19-12/h3,5,8,11H,2,4,6-7,9-10H2,1H3. The molecule has 19 heavy (non-hydrogen) atoms. The normalized spacial score (nSPS) is 20.2. The lowest BCUT2D eigenvalue weighted by Gasteiger charge is -2.13. The maximum Gasteiger partial charge on any atom is 0.220 e. The van der Waals surface area contributed by atoms with E-state index in [0.29, 0.717) is 5.92 Å². The molecular formula is C14H19N3OS. The molecule has 2 aromatic rings. The van der Waals surface area contributed by atoms with Crippen LogP contribution in [0.15, 0.2) is 21.9 Å². The summed E-state index contributed by atoms with van der Waals surface area (Å²) in [5, 5.41) is 10.5. The first-order chi connectivity index (χ1) is 9.35. The van der Waals surface area contributed by atoms with Crippen LogP contribution in [0.3, 0.4) is 0 Å². The van der Waals surface area contributed by atoms with Gasteiger partial charge in [-0.25, -0.2) is 0 Å². The third kappa shape index (κ3) is 3.04. The van der Waals surface area contributed by atoms with Crippen LogP contribution in [0.5, 0.6) is 0 Å². The highest BCUT2D eigenvalue weighted by Crippen LogP contribution is 2.28. The summed E-state index contributed by atoms with van der Waals surface area (Å²) in [5.41, 5.74) is 0. The molecule has 5 heteroatoms. The van der Waals surface area contributed by atoms with E-state index in [0.717, 1.165) is 50.7 Å². The minimum atomic E-state index is 0.415. The first-order valence-electron chi connectivity index (χ1n) is 6.92. The third-order valence-corrected chi connectivity index (χ3v) is 4.39. The molecule has 3 heterocycles. The van der Waals surface area contributed by atoms with Crippen LogP contribution in [0.2, 0.25) is 0 Å². The Morgan fingerprint density at radius 2 is 2.42 bits per heavy atom. The zero-order valence-electron chi connectivity index (χ0n) is 11.2. The molecule has 2 aromatic heterocycles. The molecule has 0 amide bonds. The molecule has 4 nitrogen and oxygen atoms in total. The van der Waals surface area contributed by atoms with E-state index >= 15 is 0 Å². The van der Waals surface area contributed by atoms with Crippen molar-refractivity contribution < 1.29 is 4.42 Å². The molecule has 1 atom stereocenters. The summed E-state index contributed by atoms with van der Waals surface area (Å²) < 4.78 is 5.75. The van der Waals surface area contributed by atoms with Crippen LogP contribution in [-0.2, 0) is 13.0 Å². The number of aryl methyl sites for hydroxylation is 1. The zero-order chi connectivity index (χ0) is 13.1. The number of aromatic nitrogens is 2. The lowest BCUT2D eigenvalue weighted by atomic mass is 10.1. The SMILES string of the molecule is CCCc1nnc(C2CCN(Cc3cccs3)C2)o1. The maximum atomic E-state index is 5.75. The van der Waals surface area contributed by atoms with Crippen LogP contribution in [-0.4, -0.2) is 28.2 Å². The second kappa shape index (κ2) is 5.84. The second-order valence-electron chi connectivity index (χ2n) is 5.08. The number of likely N-dealkylation sites (tertiary alicyclic amines) is 1. The van der Waals surface area contributed by atoms with Gasteiger partial charge in [0.05, 0.1) is 5.92 Å². The topological polar surface area (TPSA) is 42.2 Å². The highest BCUT2D eigenvalue weighted by atomic mass is 32.1. The van der Waals surface area contributed by atoms with Gasteiger partial charge in [0.1, 0.15) is 0 Å². The lowest BCUT2D eigenvalue weighted by Crippen LogP contribution is -2.19. The number of rotatable bonds is 5. The Morgan fingerprint density at radius 1 is 1.47 bits per heavy atom. The highest BCUT2D eigenvalue weighted by Gasteiger charge is 2.28. The fourth-order valence-electron chi connectivity index (χ4n) is 2.55. The number of nitrogens with zero attached hydrogens (tertiary/aromatic N) is 3. The van der Waals surface area contributed by atoms with E-state index in [1.807, 2.05) is 11.3 Å². The van der Waals surface area contributed by atoms with E-state index in [9.17, 15) is 0 Å². The first-order valence-corrected chi connectivity index (χ1v) is 7.80. The summed E-state index contributed by atoms with van der Waals surface area (Å²) in [6.45, 7) is 5.33.